The lowest BCUT2D eigenvalue weighted by Gasteiger charge is -2.39. The van der Waals surface area contributed by atoms with Crippen molar-refractivity contribution in [2.45, 2.75) is 9.77 Å². The Hall–Kier alpha value is 0.750. The standard InChI is InChI=1S/C2HCl3O3/c3-1(4)2(5,6)8-7-1/h6H. The minimum absolute atomic E-state index is 1.84. The van der Waals surface area contributed by atoms with Crippen molar-refractivity contribution in [3.63, 3.8) is 0 Å². The topological polar surface area (TPSA) is 38.7 Å². The Morgan fingerprint density at radius 2 is 1.50 bits per heavy atom. The van der Waals surface area contributed by atoms with E-state index in [9.17, 15) is 0 Å². The molecule has 1 aliphatic heterocycles. The fraction of sp³-hybridized carbons (Fsp3) is 1.00. The lowest BCUT2D eigenvalue weighted by Crippen LogP contribution is -2.56. The van der Waals surface area contributed by atoms with E-state index in [0.717, 1.165) is 0 Å². The average Bonchev–Trinajstić information content (AvgIpc) is 1.64. The number of hydrogen-bond acceptors (Lipinski definition) is 3. The molecule has 3 nitrogen and oxygen atoms in total. The molecule has 0 radical (unpaired) electrons. The molecule has 1 saturated heterocycles. The molecule has 1 fully saturated rings. The van der Waals surface area contributed by atoms with Crippen molar-refractivity contribution in [2.24, 2.45) is 0 Å². The van der Waals surface area contributed by atoms with E-state index in [0.29, 0.717) is 0 Å². The Balaban J connectivity index is 2.63. The molecule has 0 aromatic heterocycles. The number of alkyl halides is 3. The van der Waals surface area contributed by atoms with Gasteiger partial charge in [-0.25, -0.2) is 0 Å². The zero-order chi connectivity index (χ0) is 6.41. The van der Waals surface area contributed by atoms with Gasteiger partial charge in [0.2, 0.25) is 0 Å². The van der Waals surface area contributed by atoms with Crippen molar-refractivity contribution >= 4 is 34.8 Å². The maximum Gasteiger partial charge on any atom is 0.338 e. The van der Waals surface area contributed by atoms with Crippen LogP contribution >= 0.6 is 34.8 Å². The highest BCUT2D eigenvalue weighted by atomic mass is 35.5. The van der Waals surface area contributed by atoms with Crippen molar-refractivity contribution in [2.75, 3.05) is 0 Å². The average molecular weight is 179 g/mol. The zero-order valence-electron chi connectivity index (χ0n) is 3.40. The minimum Gasteiger partial charge on any atom is -0.347 e. The first-order valence-corrected chi connectivity index (χ1v) is 2.75. The van der Waals surface area contributed by atoms with Gasteiger partial charge in [-0.2, -0.15) is 9.78 Å². The normalized spacial score (nSPS) is 43.5. The van der Waals surface area contributed by atoms with E-state index in [1.807, 2.05) is 0 Å². The molecule has 1 N–H and O–H groups in total. The maximum atomic E-state index is 8.60. The molecule has 0 aliphatic carbocycles. The SMILES string of the molecule is OC1(Cl)OOC1(Cl)Cl. The van der Waals surface area contributed by atoms with Gasteiger partial charge in [0.05, 0.1) is 0 Å². The Morgan fingerprint density at radius 1 is 1.12 bits per heavy atom. The quantitative estimate of drug-likeness (QED) is 0.445. The zero-order valence-corrected chi connectivity index (χ0v) is 5.67. The fourth-order valence-corrected chi connectivity index (χ4v) is 0.362. The van der Waals surface area contributed by atoms with Crippen LogP contribution in [0.5, 0.6) is 0 Å². The van der Waals surface area contributed by atoms with Gasteiger partial charge in [-0.05, 0) is 11.6 Å². The van der Waals surface area contributed by atoms with Gasteiger partial charge in [-0.15, -0.1) is 0 Å². The molecule has 1 heterocycles. The number of aliphatic hydroxyl groups is 1. The molecule has 1 aliphatic rings. The molecule has 0 spiro atoms. The molecular formula is C2HCl3O3. The Kier molecular flexibility index (Phi) is 1.39. The van der Waals surface area contributed by atoms with E-state index < -0.39 is 9.77 Å². The molecule has 1 unspecified atom stereocenters. The Bertz CT molecular complexity index is 97.1. The van der Waals surface area contributed by atoms with Gasteiger partial charge in [0, 0.05) is 0 Å². The summed E-state index contributed by atoms with van der Waals surface area (Å²) in [6.45, 7) is 0. The van der Waals surface area contributed by atoms with E-state index in [2.05, 4.69) is 9.78 Å². The highest BCUT2D eigenvalue weighted by molar-refractivity contribution is 6.52. The predicted molar refractivity (Wildman–Crippen MR) is 27.4 cm³/mol. The van der Waals surface area contributed by atoms with Crippen molar-refractivity contribution in [3.05, 3.63) is 0 Å². The third kappa shape index (κ3) is 0.795. The first kappa shape index (κ1) is 6.86. The van der Waals surface area contributed by atoms with Crippen molar-refractivity contribution in [1.29, 1.82) is 0 Å². The molecule has 6 heteroatoms. The summed E-state index contributed by atoms with van der Waals surface area (Å²) < 4.78 is -1.84. The van der Waals surface area contributed by atoms with Crippen LogP contribution in [0.3, 0.4) is 0 Å². The van der Waals surface area contributed by atoms with Gasteiger partial charge >= 0.3 is 9.77 Å². The Morgan fingerprint density at radius 3 is 1.50 bits per heavy atom. The van der Waals surface area contributed by atoms with Crippen LogP contribution in [0.1, 0.15) is 0 Å². The van der Waals surface area contributed by atoms with E-state index in [4.69, 9.17) is 39.9 Å². The molecule has 0 amide bonds. The summed E-state index contributed by atoms with van der Waals surface area (Å²) in [5.74, 6) is 0. The van der Waals surface area contributed by atoms with E-state index in [1.165, 1.54) is 0 Å². The van der Waals surface area contributed by atoms with Crippen molar-refractivity contribution in [3.8, 4) is 0 Å². The van der Waals surface area contributed by atoms with Crippen LogP contribution in [0.25, 0.3) is 0 Å². The number of halogens is 3. The van der Waals surface area contributed by atoms with Crippen molar-refractivity contribution < 1.29 is 14.9 Å². The smallest absolute Gasteiger partial charge is 0.338 e. The Labute approximate surface area is 60.0 Å². The van der Waals surface area contributed by atoms with Crippen LogP contribution in [0.4, 0.5) is 0 Å². The first-order valence-electron chi connectivity index (χ1n) is 1.62. The van der Waals surface area contributed by atoms with Crippen LogP contribution in [0.2, 0.25) is 0 Å². The summed E-state index contributed by atoms with van der Waals surface area (Å²) >= 11 is 15.3. The summed E-state index contributed by atoms with van der Waals surface area (Å²) in [7, 11) is 0. The second-order valence-electron chi connectivity index (χ2n) is 1.24. The fourth-order valence-electron chi connectivity index (χ4n) is 0.173. The van der Waals surface area contributed by atoms with Gasteiger partial charge in [0.1, 0.15) is 0 Å². The summed E-state index contributed by atoms with van der Waals surface area (Å²) in [6, 6.07) is 0. The van der Waals surface area contributed by atoms with Gasteiger partial charge in [0.15, 0.2) is 0 Å². The van der Waals surface area contributed by atoms with Gasteiger partial charge in [0.25, 0.3) is 0 Å². The highest BCUT2D eigenvalue weighted by Gasteiger charge is 2.62. The van der Waals surface area contributed by atoms with Crippen LogP contribution < -0.4 is 0 Å². The molecule has 1 rings (SSSR count). The number of rotatable bonds is 0. The maximum absolute atomic E-state index is 8.60. The molecule has 0 saturated carbocycles. The van der Waals surface area contributed by atoms with Crippen molar-refractivity contribution in [1.82, 2.24) is 0 Å². The van der Waals surface area contributed by atoms with Crippen LogP contribution in [0, 0.1) is 0 Å². The summed E-state index contributed by atoms with van der Waals surface area (Å²) in [5.41, 5.74) is 0. The van der Waals surface area contributed by atoms with Crippen LogP contribution in [-0.2, 0) is 9.78 Å². The third-order valence-corrected chi connectivity index (χ3v) is 1.78. The van der Waals surface area contributed by atoms with Gasteiger partial charge < -0.3 is 5.11 Å². The second-order valence-corrected chi connectivity index (χ2v) is 3.02. The van der Waals surface area contributed by atoms with Crippen LogP contribution in [-0.4, -0.2) is 14.9 Å². The van der Waals surface area contributed by atoms with E-state index >= 15 is 0 Å². The lowest BCUT2D eigenvalue weighted by molar-refractivity contribution is -0.528. The minimum atomic E-state index is -2.10. The third-order valence-electron chi connectivity index (χ3n) is 0.616. The largest absolute Gasteiger partial charge is 0.347 e. The molecule has 0 aromatic carbocycles. The molecule has 0 aromatic rings. The molecule has 8 heavy (non-hydrogen) atoms. The van der Waals surface area contributed by atoms with Crippen LogP contribution in [0.15, 0.2) is 0 Å². The molecular weight excluding hydrogens is 178 g/mol. The van der Waals surface area contributed by atoms with E-state index in [1.54, 1.807) is 0 Å². The van der Waals surface area contributed by atoms with E-state index in [-0.39, 0.29) is 0 Å². The monoisotopic (exact) mass is 178 g/mol. The summed E-state index contributed by atoms with van der Waals surface area (Å²) in [4.78, 5) is 7.87. The van der Waals surface area contributed by atoms with Gasteiger partial charge in [-0.3, -0.25) is 0 Å². The summed E-state index contributed by atoms with van der Waals surface area (Å²) in [6.07, 6.45) is 0. The molecule has 0 bridgehead atoms. The lowest BCUT2D eigenvalue weighted by atomic mass is 10.6. The molecule has 48 valence electrons. The summed E-state index contributed by atoms with van der Waals surface area (Å²) in [5, 5.41) is 6.49. The molecule has 1 atom stereocenters. The first-order chi connectivity index (χ1) is 3.46. The predicted octanol–water partition coefficient (Wildman–Crippen LogP) is 0.964. The number of hydrogen-bond donors (Lipinski definition) is 1. The highest BCUT2D eigenvalue weighted by Crippen LogP contribution is 2.48. The second kappa shape index (κ2) is 1.62. The van der Waals surface area contributed by atoms with Gasteiger partial charge in [-0.1, -0.05) is 23.2 Å².